The lowest BCUT2D eigenvalue weighted by Gasteiger charge is -2.04. The average molecular weight is 347 g/mol. The predicted molar refractivity (Wildman–Crippen MR) is 98.0 cm³/mol. The highest BCUT2D eigenvalue weighted by Crippen LogP contribution is 2.19. The lowest BCUT2D eigenvalue weighted by Crippen LogP contribution is -2.00. The van der Waals surface area contributed by atoms with Gasteiger partial charge in [0.2, 0.25) is 0 Å². The number of allylic oxidation sites excluding steroid dienone is 2. The Balaban J connectivity index is 2.33. The lowest BCUT2D eigenvalue weighted by atomic mass is 10.0. The number of nitrogens with zero attached hydrogens (tertiary/aromatic N) is 1. The van der Waals surface area contributed by atoms with E-state index in [-0.39, 0.29) is 0 Å². The van der Waals surface area contributed by atoms with E-state index in [1.807, 2.05) is 0 Å². The Morgan fingerprint density at radius 2 is 1.73 bits per heavy atom. The fraction of sp³-hybridized carbons (Fsp3) is 0.0952. The number of carbonyl (C=O) groups excluding carboxylic acids is 2. The molecular weight excluding hydrogens is 330 g/mol. The Morgan fingerprint density at radius 3 is 2.35 bits per heavy atom. The van der Waals surface area contributed by atoms with Crippen LogP contribution in [0.4, 0.5) is 0 Å². The quantitative estimate of drug-likeness (QED) is 0.469. The van der Waals surface area contributed by atoms with E-state index in [1.54, 1.807) is 60.7 Å². The van der Waals surface area contributed by atoms with Gasteiger partial charge in [-0.25, -0.2) is 9.59 Å². The van der Waals surface area contributed by atoms with Crippen LogP contribution in [0.25, 0.3) is 11.6 Å². The standard InChI is InChI=1S/C21H17NO4/c1-25-20(23)13-19(18-5-3-4-16(12-18)14-22)11-8-15-6-9-17(10-7-15)21(24)26-2/h3-13H,1-2H3/b11-8+,19-13+. The number of ether oxygens (including phenoxy) is 2. The average Bonchev–Trinajstić information content (AvgIpc) is 2.70. The summed E-state index contributed by atoms with van der Waals surface area (Å²) in [5.74, 6) is -0.895. The fourth-order valence-corrected chi connectivity index (χ4v) is 2.22. The number of hydrogen-bond acceptors (Lipinski definition) is 5. The summed E-state index contributed by atoms with van der Waals surface area (Å²) < 4.78 is 9.37. The van der Waals surface area contributed by atoms with Gasteiger partial charge in [-0.1, -0.05) is 36.4 Å². The van der Waals surface area contributed by atoms with Crippen molar-refractivity contribution in [3.8, 4) is 6.07 Å². The summed E-state index contributed by atoms with van der Waals surface area (Å²) in [6, 6.07) is 15.9. The van der Waals surface area contributed by atoms with Gasteiger partial charge >= 0.3 is 11.9 Å². The molecule has 26 heavy (non-hydrogen) atoms. The minimum atomic E-state index is -0.493. The highest BCUT2D eigenvalue weighted by Gasteiger charge is 2.05. The molecule has 0 atom stereocenters. The SMILES string of the molecule is COC(=O)/C=C(\C=C\c1ccc(C(=O)OC)cc1)c1cccc(C#N)c1. The van der Waals surface area contributed by atoms with Gasteiger partial charge in [-0.2, -0.15) is 5.26 Å². The van der Waals surface area contributed by atoms with E-state index < -0.39 is 11.9 Å². The van der Waals surface area contributed by atoms with Gasteiger partial charge in [-0.3, -0.25) is 0 Å². The van der Waals surface area contributed by atoms with Crippen LogP contribution < -0.4 is 0 Å². The molecule has 2 rings (SSSR count). The van der Waals surface area contributed by atoms with Gasteiger partial charge in [0.1, 0.15) is 0 Å². The smallest absolute Gasteiger partial charge is 0.337 e. The first-order chi connectivity index (χ1) is 12.6. The number of nitriles is 1. The van der Waals surface area contributed by atoms with Gasteiger partial charge in [-0.15, -0.1) is 0 Å². The van der Waals surface area contributed by atoms with E-state index in [0.29, 0.717) is 16.7 Å². The molecule has 0 spiro atoms. The third-order valence-electron chi connectivity index (χ3n) is 3.59. The molecule has 2 aromatic carbocycles. The third kappa shape index (κ3) is 4.92. The molecule has 2 aromatic rings. The molecular formula is C21H17NO4. The van der Waals surface area contributed by atoms with Crippen LogP contribution in [0.2, 0.25) is 0 Å². The molecule has 0 bridgehead atoms. The second-order valence-corrected chi connectivity index (χ2v) is 5.26. The molecule has 0 saturated carbocycles. The van der Waals surface area contributed by atoms with Crippen molar-refractivity contribution in [1.82, 2.24) is 0 Å². The van der Waals surface area contributed by atoms with Crippen molar-refractivity contribution in [1.29, 1.82) is 5.26 Å². The van der Waals surface area contributed by atoms with Crippen LogP contribution in [0.15, 0.2) is 60.7 Å². The van der Waals surface area contributed by atoms with E-state index >= 15 is 0 Å². The monoisotopic (exact) mass is 347 g/mol. The van der Waals surface area contributed by atoms with E-state index in [1.165, 1.54) is 20.3 Å². The van der Waals surface area contributed by atoms with Crippen molar-refractivity contribution >= 4 is 23.6 Å². The summed E-state index contributed by atoms with van der Waals surface area (Å²) in [7, 11) is 2.63. The van der Waals surface area contributed by atoms with Crippen molar-refractivity contribution in [2.24, 2.45) is 0 Å². The van der Waals surface area contributed by atoms with Gasteiger partial charge in [-0.05, 0) is 41.0 Å². The predicted octanol–water partition coefficient (Wildman–Crippen LogP) is 3.61. The Labute approximate surface area is 151 Å². The molecule has 130 valence electrons. The molecule has 0 aromatic heterocycles. The van der Waals surface area contributed by atoms with Crippen molar-refractivity contribution < 1.29 is 19.1 Å². The molecule has 0 N–H and O–H groups in total. The maximum absolute atomic E-state index is 11.7. The molecule has 0 aliphatic carbocycles. The third-order valence-corrected chi connectivity index (χ3v) is 3.59. The summed E-state index contributed by atoms with van der Waals surface area (Å²) in [5.41, 5.74) is 3.11. The summed E-state index contributed by atoms with van der Waals surface area (Å²) >= 11 is 0. The molecule has 0 fully saturated rings. The first kappa shape index (κ1) is 18.7. The fourth-order valence-electron chi connectivity index (χ4n) is 2.22. The number of esters is 2. The first-order valence-corrected chi connectivity index (χ1v) is 7.74. The Bertz CT molecular complexity index is 902. The topological polar surface area (TPSA) is 76.4 Å². The molecule has 0 saturated heterocycles. The van der Waals surface area contributed by atoms with Crippen molar-refractivity contribution in [2.45, 2.75) is 0 Å². The van der Waals surface area contributed by atoms with E-state index in [4.69, 9.17) is 10.00 Å². The van der Waals surface area contributed by atoms with Gasteiger partial charge in [0.15, 0.2) is 0 Å². The zero-order chi connectivity index (χ0) is 18.9. The minimum absolute atomic E-state index is 0.403. The summed E-state index contributed by atoms with van der Waals surface area (Å²) in [5, 5.41) is 9.05. The van der Waals surface area contributed by atoms with E-state index in [0.717, 1.165) is 11.1 Å². The number of benzene rings is 2. The number of carbonyl (C=O) groups is 2. The van der Waals surface area contributed by atoms with Crippen LogP contribution in [0, 0.1) is 11.3 Å². The molecule has 0 aliphatic rings. The summed E-state index contributed by atoms with van der Waals surface area (Å²) in [6.07, 6.45) is 4.91. The largest absolute Gasteiger partial charge is 0.466 e. The summed E-state index contributed by atoms with van der Waals surface area (Å²) in [4.78, 5) is 23.1. The number of rotatable bonds is 5. The minimum Gasteiger partial charge on any atom is -0.466 e. The zero-order valence-corrected chi connectivity index (χ0v) is 14.4. The Kier molecular flexibility index (Phi) is 6.47. The van der Waals surface area contributed by atoms with Crippen LogP contribution >= 0.6 is 0 Å². The lowest BCUT2D eigenvalue weighted by molar-refractivity contribution is -0.134. The molecule has 5 nitrogen and oxygen atoms in total. The van der Waals surface area contributed by atoms with Gasteiger partial charge in [0.05, 0.1) is 31.4 Å². The zero-order valence-electron chi connectivity index (χ0n) is 14.4. The van der Waals surface area contributed by atoms with E-state index in [2.05, 4.69) is 10.8 Å². The van der Waals surface area contributed by atoms with Crippen LogP contribution in [0.1, 0.15) is 27.0 Å². The number of hydrogen-bond donors (Lipinski definition) is 0. The van der Waals surface area contributed by atoms with Gasteiger partial charge < -0.3 is 9.47 Å². The summed E-state index contributed by atoms with van der Waals surface area (Å²) in [6.45, 7) is 0. The maximum Gasteiger partial charge on any atom is 0.337 e. The van der Waals surface area contributed by atoms with Crippen LogP contribution in [0.5, 0.6) is 0 Å². The van der Waals surface area contributed by atoms with E-state index in [9.17, 15) is 9.59 Å². The molecule has 0 radical (unpaired) electrons. The molecule has 5 heteroatoms. The molecule has 0 unspecified atom stereocenters. The van der Waals surface area contributed by atoms with Gasteiger partial charge in [0.25, 0.3) is 0 Å². The first-order valence-electron chi connectivity index (χ1n) is 7.74. The molecule has 0 heterocycles. The van der Waals surface area contributed by atoms with Crippen LogP contribution in [0.3, 0.4) is 0 Å². The maximum atomic E-state index is 11.7. The van der Waals surface area contributed by atoms with Crippen LogP contribution in [-0.4, -0.2) is 26.2 Å². The highest BCUT2D eigenvalue weighted by molar-refractivity contribution is 5.95. The Morgan fingerprint density at radius 1 is 1.00 bits per heavy atom. The van der Waals surface area contributed by atoms with Gasteiger partial charge in [0, 0.05) is 6.08 Å². The van der Waals surface area contributed by atoms with Crippen molar-refractivity contribution in [3.63, 3.8) is 0 Å². The normalized spacial score (nSPS) is 11.0. The highest BCUT2D eigenvalue weighted by atomic mass is 16.5. The second kappa shape index (κ2) is 9.00. The Hall–Kier alpha value is -3.65. The molecule has 0 amide bonds. The van der Waals surface area contributed by atoms with Crippen LogP contribution in [-0.2, 0) is 14.3 Å². The van der Waals surface area contributed by atoms with Crippen molar-refractivity contribution in [2.75, 3.05) is 14.2 Å². The number of methoxy groups -OCH3 is 2. The second-order valence-electron chi connectivity index (χ2n) is 5.26. The van der Waals surface area contributed by atoms with Crippen molar-refractivity contribution in [3.05, 3.63) is 82.9 Å². The molecule has 0 aliphatic heterocycles.